The molecule has 2 rings (SSSR count). The molecule has 1 heterocycles. The summed E-state index contributed by atoms with van der Waals surface area (Å²) in [4.78, 5) is 3.33. The molecule has 0 aliphatic rings. The SMILES string of the molecule is Fc1ccc(CNc2ccc(C(F)(F)F)nc2)cc1. The molecule has 0 unspecified atom stereocenters. The van der Waals surface area contributed by atoms with Gasteiger partial charge in [-0.1, -0.05) is 12.1 Å². The molecule has 0 amide bonds. The molecule has 2 nitrogen and oxygen atoms in total. The zero-order valence-electron chi connectivity index (χ0n) is 9.71. The average Bonchev–Trinajstić information content (AvgIpc) is 2.37. The summed E-state index contributed by atoms with van der Waals surface area (Å²) >= 11 is 0. The number of halogens is 4. The lowest BCUT2D eigenvalue weighted by Crippen LogP contribution is -2.08. The smallest absolute Gasteiger partial charge is 0.380 e. The fourth-order valence-electron chi connectivity index (χ4n) is 1.47. The van der Waals surface area contributed by atoms with E-state index in [1.54, 1.807) is 12.1 Å². The van der Waals surface area contributed by atoms with Crippen LogP contribution in [0.2, 0.25) is 0 Å². The van der Waals surface area contributed by atoms with Gasteiger partial charge in [0.1, 0.15) is 11.5 Å². The van der Waals surface area contributed by atoms with Gasteiger partial charge in [0, 0.05) is 6.54 Å². The molecule has 1 N–H and O–H groups in total. The molecule has 0 saturated carbocycles. The molecule has 19 heavy (non-hydrogen) atoms. The second-order valence-corrected chi connectivity index (χ2v) is 3.91. The van der Waals surface area contributed by atoms with Crippen molar-refractivity contribution in [3.05, 3.63) is 59.7 Å². The van der Waals surface area contributed by atoms with Crippen molar-refractivity contribution in [2.75, 3.05) is 5.32 Å². The first-order valence-corrected chi connectivity index (χ1v) is 5.47. The number of rotatable bonds is 3. The van der Waals surface area contributed by atoms with Gasteiger partial charge in [0.05, 0.1) is 11.9 Å². The van der Waals surface area contributed by atoms with E-state index < -0.39 is 11.9 Å². The third kappa shape index (κ3) is 3.67. The van der Waals surface area contributed by atoms with Gasteiger partial charge in [-0.05, 0) is 29.8 Å². The molecular weight excluding hydrogens is 260 g/mol. The highest BCUT2D eigenvalue weighted by Gasteiger charge is 2.31. The molecule has 0 spiro atoms. The maximum atomic E-state index is 12.7. The molecule has 0 atom stereocenters. The normalized spacial score (nSPS) is 11.4. The van der Waals surface area contributed by atoms with Crippen LogP contribution in [-0.4, -0.2) is 4.98 Å². The van der Waals surface area contributed by atoms with Crippen molar-refractivity contribution in [2.24, 2.45) is 0 Å². The van der Waals surface area contributed by atoms with E-state index in [0.717, 1.165) is 17.8 Å². The Bertz CT molecular complexity index is 532. The molecule has 0 saturated heterocycles. The van der Waals surface area contributed by atoms with Gasteiger partial charge in [-0.3, -0.25) is 0 Å². The Labute approximate surface area is 107 Å². The van der Waals surface area contributed by atoms with Crippen LogP contribution in [0.25, 0.3) is 0 Å². The summed E-state index contributed by atoms with van der Waals surface area (Å²) in [5.41, 5.74) is 0.360. The molecular formula is C13H10F4N2. The van der Waals surface area contributed by atoms with Crippen LogP contribution in [0, 0.1) is 5.82 Å². The van der Waals surface area contributed by atoms with Crippen molar-refractivity contribution >= 4 is 5.69 Å². The molecule has 1 aromatic carbocycles. The number of benzene rings is 1. The molecule has 6 heteroatoms. The number of aromatic nitrogens is 1. The van der Waals surface area contributed by atoms with E-state index in [1.807, 2.05) is 0 Å². The number of nitrogens with one attached hydrogen (secondary N) is 1. The van der Waals surface area contributed by atoms with Gasteiger partial charge in [-0.15, -0.1) is 0 Å². The molecule has 2 aromatic rings. The van der Waals surface area contributed by atoms with E-state index in [1.165, 1.54) is 18.2 Å². The molecule has 0 radical (unpaired) electrons. The van der Waals surface area contributed by atoms with Crippen molar-refractivity contribution in [2.45, 2.75) is 12.7 Å². The highest BCUT2D eigenvalue weighted by molar-refractivity contribution is 5.42. The summed E-state index contributed by atoms with van der Waals surface area (Å²) in [7, 11) is 0. The van der Waals surface area contributed by atoms with Crippen LogP contribution in [-0.2, 0) is 12.7 Å². The van der Waals surface area contributed by atoms with Crippen LogP contribution in [0.4, 0.5) is 23.2 Å². The van der Waals surface area contributed by atoms with E-state index in [2.05, 4.69) is 10.3 Å². The molecule has 0 aliphatic carbocycles. The number of alkyl halides is 3. The summed E-state index contributed by atoms with van der Waals surface area (Å²) in [6.45, 7) is 0.382. The Morgan fingerprint density at radius 3 is 2.21 bits per heavy atom. The quantitative estimate of drug-likeness (QED) is 0.857. The number of anilines is 1. The van der Waals surface area contributed by atoms with E-state index in [-0.39, 0.29) is 5.82 Å². The summed E-state index contributed by atoms with van der Waals surface area (Å²) < 4.78 is 49.5. The minimum absolute atomic E-state index is 0.333. The van der Waals surface area contributed by atoms with Crippen LogP contribution in [0.3, 0.4) is 0 Å². The highest BCUT2D eigenvalue weighted by Crippen LogP contribution is 2.27. The second kappa shape index (κ2) is 5.26. The van der Waals surface area contributed by atoms with Crippen LogP contribution in [0.1, 0.15) is 11.3 Å². The summed E-state index contributed by atoms with van der Waals surface area (Å²) in [5.74, 6) is -0.333. The van der Waals surface area contributed by atoms with Gasteiger partial charge in [-0.2, -0.15) is 13.2 Å². The molecule has 0 fully saturated rings. The Morgan fingerprint density at radius 2 is 1.68 bits per heavy atom. The minimum Gasteiger partial charge on any atom is -0.380 e. The van der Waals surface area contributed by atoms with Crippen molar-refractivity contribution < 1.29 is 17.6 Å². The van der Waals surface area contributed by atoms with E-state index in [9.17, 15) is 17.6 Å². The van der Waals surface area contributed by atoms with E-state index >= 15 is 0 Å². The fourth-order valence-corrected chi connectivity index (χ4v) is 1.47. The van der Waals surface area contributed by atoms with Gasteiger partial charge in [0.2, 0.25) is 0 Å². The average molecular weight is 270 g/mol. The van der Waals surface area contributed by atoms with E-state index in [4.69, 9.17) is 0 Å². The van der Waals surface area contributed by atoms with Gasteiger partial charge in [0.15, 0.2) is 0 Å². The minimum atomic E-state index is -4.44. The van der Waals surface area contributed by atoms with E-state index in [0.29, 0.717) is 12.2 Å². The zero-order chi connectivity index (χ0) is 13.9. The summed E-state index contributed by atoms with van der Waals surface area (Å²) in [6.07, 6.45) is -3.32. The molecule has 100 valence electrons. The number of hydrogen-bond donors (Lipinski definition) is 1. The largest absolute Gasteiger partial charge is 0.433 e. The lowest BCUT2D eigenvalue weighted by molar-refractivity contribution is -0.141. The van der Waals surface area contributed by atoms with Crippen molar-refractivity contribution in [3.63, 3.8) is 0 Å². The zero-order valence-corrected chi connectivity index (χ0v) is 9.71. The first-order chi connectivity index (χ1) is 8.95. The Kier molecular flexibility index (Phi) is 3.69. The van der Waals surface area contributed by atoms with Gasteiger partial charge < -0.3 is 5.32 Å². The lowest BCUT2D eigenvalue weighted by Gasteiger charge is -2.08. The maximum Gasteiger partial charge on any atom is 0.433 e. The second-order valence-electron chi connectivity index (χ2n) is 3.91. The monoisotopic (exact) mass is 270 g/mol. The summed E-state index contributed by atoms with van der Waals surface area (Å²) in [5, 5.41) is 2.91. The first kappa shape index (κ1) is 13.3. The van der Waals surface area contributed by atoms with Crippen LogP contribution in [0.15, 0.2) is 42.6 Å². The van der Waals surface area contributed by atoms with Crippen molar-refractivity contribution in [3.8, 4) is 0 Å². The molecule has 0 bridgehead atoms. The highest BCUT2D eigenvalue weighted by atomic mass is 19.4. The summed E-state index contributed by atoms with van der Waals surface area (Å²) in [6, 6.07) is 8.05. The maximum absolute atomic E-state index is 12.7. The van der Waals surface area contributed by atoms with Crippen LogP contribution >= 0.6 is 0 Å². The third-order valence-electron chi connectivity index (χ3n) is 2.46. The Hall–Kier alpha value is -2.11. The van der Waals surface area contributed by atoms with Crippen LogP contribution < -0.4 is 5.32 Å². The third-order valence-corrected chi connectivity index (χ3v) is 2.46. The van der Waals surface area contributed by atoms with Gasteiger partial charge >= 0.3 is 6.18 Å². The standard InChI is InChI=1S/C13H10F4N2/c14-10-3-1-9(2-4-10)7-18-11-5-6-12(19-8-11)13(15,16)17/h1-6,8,18H,7H2. The molecule has 1 aromatic heterocycles. The fraction of sp³-hybridized carbons (Fsp3) is 0.154. The number of pyridine rings is 1. The predicted octanol–water partition coefficient (Wildman–Crippen LogP) is 3.85. The predicted molar refractivity (Wildman–Crippen MR) is 63.0 cm³/mol. The van der Waals surface area contributed by atoms with Gasteiger partial charge in [-0.25, -0.2) is 9.37 Å². The van der Waals surface area contributed by atoms with Crippen molar-refractivity contribution in [1.82, 2.24) is 4.98 Å². The topological polar surface area (TPSA) is 24.9 Å². The molecule has 0 aliphatic heterocycles. The first-order valence-electron chi connectivity index (χ1n) is 5.47. The van der Waals surface area contributed by atoms with Crippen LogP contribution in [0.5, 0.6) is 0 Å². The Balaban J connectivity index is 1.98. The van der Waals surface area contributed by atoms with Crippen molar-refractivity contribution in [1.29, 1.82) is 0 Å². The van der Waals surface area contributed by atoms with Gasteiger partial charge in [0.25, 0.3) is 0 Å². The Morgan fingerprint density at radius 1 is 1.00 bits per heavy atom. The number of nitrogens with zero attached hydrogens (tertiary/aromatic N) is 1. The number of hydrogen-bond acceptors (Lipinski definition) is 2. The lowest BCUT2D eigenvalue weighted by atomic mass is 10.2.